The van der Waals surface area contributed by atoms with Crippen molar-refractivity contribution in [2.45, 2.75) is 37.2 Å². The quantitative estimate of drug-likeness (QED) is 0.710. The number of carbonyl (C=O) groups is 1. The van der Waals surface area contributed by atoms with Crippen LogP contribution in [0.2, 0.25) is 0 Å². The zero-order valence-electron chi connectivity index (χ0n) is 15.9. The van der Waals surface area contributed by atoms with Crippen LogP contribution in [0.1, 0.15) is 30.1 Å². The van der Waals surface area contributed by atoms with Gasteiger partial charge in [-0.05, 0) is 25.0 Å². The standard InChI is InChI=1S/C18H23N5O4S/c1-13-5-6-16(27-2)8-17(13)28(25,26)22-11-15(12-22)23-10-14(19-20-23)9-21-7-3-4-18(21)24/h5-6,8,10,15H,3-4,7,9,11-12H2,1-2H3. The Morgan fingerprint density at radius 1 is 1.29 bits per heavy atom. The molecular formula is C18H23N5O4S. The Balaban J connectivity index is 1.42. The van der Waals surface area contributed by atoms with E-state index >= 15 is 0 Å². The SMILES string of the molecule is COc1ccc(C)c(S(=O)(=O)N2CC(n3cc(CN4CCCC4=O)nn3)C2)c1. The van der Waals surface area contributed by atoms with Crippen LogP contribution in [0.25, 0.3) is 0 Å². The predicted octanol–water partition coefficient (Wildman–Crippen LogP) is 0.963. The Labute approximate surface area is 163 Å². The maximum absolute atomic E-state index is 12.9. The predicted molar refractivity (Wildman–Crippen MR) is 100 cm³/mol. The van der Waals surface area contributed by atoms with Crippen molar-refractivity contribution in [3.63, 3.8) is 0 Å². The van der Waals surface area contributed by atoms with Gasteiger partial charge in [0.15, 0.2) is 0 Å². The normalized spacial score (nSPS) is 18.5. The Kier molecular flexibility index (Phi) is 4.84. The molecule has 1 aromatic carbocycles. The second kappa shape index (κ2) is 7.17. The Hall–Kier alpha value is -2.46. The van der Waals surface area contributed by atoms with Crippen molar-refractivity contribution < 1.29 is 17.9 Å². The van der Waals surface area contributed by atoms with Gasteiger partial charge in [-0.3, -0.25) is 4.79 Å². The van der Waals surface area contributed by atoms with Crippen LogP contribution in [0.15, 0.2) is 29.3 Å². The molecule has 0 N–H and O–H groups in total. The number of likely N-dealkylation sites (tertiary alicyclic amines) is 1. The van der Waals surface area contributed by atoms with Crippen molar-refractivity contribution in [3.8, 4) is 5.75 Å². The summed E-state index contributed by atoms with van der Waals surface area (Å²) >= 11 is 0. The number of methoxy groups -OCH3 is 1. The summed E-state index contributed by atoms with van der Waals surface area (Å²) in [5.41, 5.74) is 1.41. The fourth-order valence-corrected chi connectivity index (χ4v) is 5.29. The molecule has 28 heavy (non-hydrogen) atoms. The van der Waals surface area contributed by atoms with Gasteiger partial charge in [0.1, 0.15) is 11.4 Å². The first-order valence-electron chi connectivity index (χ1n) is 9.22. The number of ether oxygens (including phenoxy) is 1. The lowest BCUT2D eigenvalue weighted by Crippen LogP contribution is -2.50. The molecule has 2 saturated heterocycles. The Morgan fingerprint density at radius 2 is 2.07 bits per heavy atom. The lowest BCUT2D eigenvalue weighted by atomic mass is 10.2. The van der Waals surface area contributed by atoms with Crippen LogP contribution in [0, 0.1) is 6.92 Å². The number of rotatable bonds is 6. The maximum atomic E-state index is 12.9. The molecule has 10 heteroatoms. The third kappa shape index (κ3) is 3.37. The van der Waals surface area contributed by atoms with Crippen LogP contribution in [-0.4, -0.2) is 65.3 Å². The monoisotopic (exact) mass is 405 g/mol. The minimum Gasteiger partial charge on any atom is -0.497 e. The van der Waals surface area contributed by atoms with E-state index in [-0.39, 0.29) is 16.8 Å². The minimum absolute atomic E-state index is 0.0591. The molecule has 2 aliphatic rings. The van der Waals surface area contributed by atoms with Gasteiger partial charge in [0.2, 0.25) is 15.9 Å². The van der Waals surface area contributed by atoms with E-state index in [1.165, 1.54) is 11.4 Å². The molecule has 150 valence electrons. The van der Waals surface area contributed by atoms with Crippen LogP contribution < -0.4 is 4.74 Å². The minimum atomic E-state index is -3.59. The molecule has 0 atom stereocenters. The number of amides is 1. The van der Waals surface area contributed by atoms with E-state index < -0.39 is 10.0 Å². The molecule has 2 fully saturated rings. The molecule has 1 aromatic heterocycles. The summed E-state index contributed by atoms with van der Waals surface area (Å²) in [5.74, 6) is 0.655. The third-order valence-corrected chi connectivity index (χ3v) is 7.27. The van der Waals surface area contributed by atoms with Crippen molar-refractivity contribution in [2.75, 3.05) is 26.7 Å². The summed E-state index contributed by atoms with van der Waals surface area (Å²) < 4.78 is 34.2. The molecule has 2 aromatic rings. The summed E-state index contributed by atoms with van der Waals surface area (Å²) in [6, 6.07) is 4.98. The molecule has 0 unspecified atom stereocenters. The average molecular weight is 405 g/mol. The van der Waals surface area contributed by atoms with Crippen molar-refractivity contribution in [1.82, 2.24) is 24.2 Å². The van der Waals surface area contributed by atoms with Crippen molar-refractivity contribution >= 4 is 15.9 Å². The third-order valence-electron chi connectivity index (χ3n) is 5.30. The molecule has 0 radical (unpaired) electrons. The fraction of sp³-hybridized carbons (Fsp3) is 0.500. The number of benzene rings is 1. The Bertz CT molecular complexity index is 997. The van der Waals surface area contributed by atoms with Gasteiger partial charge >= 0.3 is 0 Å². The van der Waals surface area contributed by atoms with Crippen LogP contribution in [0.3, 0.4) is 0 Å². The van der Waals surface area contributed by atoms with Gasteiger partial charge in [0.05, 0.1) is 30.8 Å². The van der Waals surface area contributed by atoms with Crippen LogP contribution in [0.5, 0.6) is 5.75 Å². The van der Waals surface area contributed by atoms with E-state index in [1.807, 2.05) is 0 Å². The van der Waals surface area contributed by atoms with E-state index in [4.69, 9.17) is 4.74 Å². The van der Waals surface area contributed by atoms with E-state index in [9.17, 15) is 13.2 Å². The largest absolute Gasteiger partial charge is 0.497 e. The number of hydrogen-bond acceptors (Lipinski definition) is 6. The molecule has 0 spiro atoms. The van der Waals surface area contributed by atoms with Crippen LogP contribution in [-0.2, 0) is 21.4 Å². The number of sulfonamides is 1. The van der Waals surface area contributed by atoms with E-state index in [2.05, 4.69) is 10.3 Å². The summed E-state index contributed by atoms with van der Waals surface area (Å²) in [6.45, 7) is 3.65. The van der Waals surface area contributed by atoms with E-state index in [0.717, 1.165) is 18.7 Å². The summed E-state index contributed by atoms with van der Waals surface area (Å²) in [6.07, 6.45) is 3.27. The first-order chi connectivity index (χ1) is 13.4. The smallest absolute Gasteiger partial charge is 0.243 e. The molecule has 0 bridgehead atoms. The highest BCUT2D eigenvalue weighted by Gasteiger charge is 2.39. The zero-order valence-corrected chi connectivity index (χ0v) is 16.7. The molecule has 2 aliphatic heterocycles. The topological polar surface area (TPSA) is 97.6 Å². The maximum Gasteiger partial charge on any atom is 0.243 e. The molecule has 1 amide bonds. The molecule has 0 saturated carbocycles. The van der Waals surface area contributed by atoms with Gasteiger partial charge in [-0.1, -0.05) is 11.3 Å². The van der Waals surface area contributed by atoms with Gasteiger partial charge in [-0.2, -0.15) is 4.31 Å². The number of nitrogens with zero attached hydrogens (tertiary/aromatic N) is 5. The molecule has 0 aliphatic carbocycles. The fourth-order valence-electron chi connectivity index (χ4n) is 3.54. The van der Waals surface area contributed by atoms with Gasteiger partial charge in [0.25, 0.3) is 0 Å². The van der Waals surface area contributed by atoms with E-state index in [1.54, 1.807) is 40.9 Å². The molecule has 4 rings (SSSR count). The summed E-state index contributed by atoms with van der Waals surface area (Å²) in [4.78, 5) is 13.8. The number of aryl methyl sites for hydroxylation is 1. The van der Waals surface area contributed by atoms with Crippen molar-refractivity contribution in [3.05, 3.63) is 35.7 Å². The highest BCUT2D eigenvalue weighted by molar-refractivity contribution is 7.89. The molecular weight excluding hydrogens is 382 g/mol. The van der Waals surface area contributed by atoms with Crippen LogP contribution in [0.4, 0.5) is 0 Å². The summed E-state index contributed by atoms with van der Waals surface area (Å²) in [7, 11) is -2.07. The molecule has 3 heterocycles. The van der Waals surface area contributed by atoms with Gasteiger partial charge < -0.3 is 9.64 Å². The highest BCUT2D eigenvalue weighted by atomic mass is 32.2. The average Bonchev–Trinajstić information content (AvgIpc) is 3.24. The molecule has 9 nitrogen and oxygen atoms in total. The highest BCUT2D eigenvalue weighted by Crippen LogP contribution is 2.31. The first kappa shape index (κ1) is 18.9. The van der Waals surface area contributed by atoms with Crippen molar-refractivity contribution in [1.29, 1.82) is 0 Å². The lowest BCUT2D eigenvalue weighted by molar-refractivity contribution is -0.128. The first-order valence-corrected chi connectivity index (χ1v) is 10.7. The van der Waals surface area contributed by atoms with Gasteiger partial charge in [0, 0.05) is 32.1 Å². The van der Waals surface area contributed by atoms with E-state index in [0.29, 0.717) is 37.4 Å². The van der Waals surface area contributed by atoms with Gasteiger partial charge in [-0.25, -0.2) is 13.1 Å². The second-order valence-corrected chi connectivity index (χ2v) is 9.12. The number of aromatic nitrogens is 3. The van der Waals surface area contributed by atoms with Crippen LogP contribution >= 0.6 is 0 Å². The van der Waals surface area contributed by atoms with Crippen molar-refractivity contribution in [2.24, 2.45) is 0 Å². The Morgan fingerprint density at radius 3 is 2.75 bits per heavy atom. The number of carbonyl (C=O) groups excluding carboxylic acids is 1. The lowest BCUT2D eigenvalue weighted by Gasteiger charge is -2.37. The van der Waals surface area contributed by atoms with Gasteiger partial charge in [-0.15, -0.1) is 5.10 Å². The zero-order chi connectivity index (χ0) is 19.9. The summed E-state index contributed by atoms with van der Waals surface area (Å²) in [5, 5.41) is 8.26. The second-order valence-electron chi connectivity index (χ2n) is 7.22. The number of hydrogen-bond donors (Lipinski definition) is 0.